The van der Waals surface area contributed by atoms with E-state index in [1.807, 2.05) is 24.3 Å². The second-order valence-corrected chi connectivity index (χ2v) is 5.03. The number of allylic oxidation sites excluding steroid dienone is 3. The summed E-state index contributed by atoms with van der Waals surface area (Å²) < 4.78 is 0. The molecule has 0 unspecified atom stereocenters. The molecule has 0 heterocycles. The van der Waals surface area contributed by atoms with Gasteiger partial charge in [0.2, 0.25) is 0 Å². The van der Waals surface area contributed by atoms with Gasteiger partial charge in [-0.25, -0.2) is 0 Å². The van der Waals surface area contributed by atoms with Crippen LogP contribution in [0.5, 0.6) is 0 Å². The summed E-state index contributed by atoms with van der Waals surface area (Å²) in [6.45, 7) is 2.19. The van der Waals surface area contributed by atoms with Crippen LogP contribution in [0.2, 0.25) is 0 Å². The Bertz CT molecular complexity index is 420. The predicted molar refractivity (Wildman–Crippen MR) is 72.1 cm³/mol. The first-order valence-electron chi connectivity index (χ1n) is 4.97. The van der Waals surface area contributed by atoms with Crippen molar-refractivity contribution in [3.8, 4) is 0 Å². The molecular weight excluding hydrogens is 220 g/mol. The number of benzene rings is 1. The Hall–Kier alpha value is -0.600. The molecule has 0 saturated carbocycles. The summed E-state index contributed by atoms with van der Waals surface area (Å²) in [4.78, 5) is 1.03. The Labute approximate surface area is 102 Å². The van der Waals surface area contributed by atoms with Crippen LogP contribution in [0.1, 0.15) is 12.5 Å². The summed E-state index contributed by atoms with van der Waals surface area (Å²) in [5.74, 6) is 0. The van der Waals surface area contributed by atoms with Gasteiger partial charge in [0.05, 0.1) is 0 Å². The van der Waals surface area contributed by atoms with Crippen LogP contribution in [0.15, 0.2) is 53.5 Å². The molecule has 0 N–H and O–H groups in total. The normalized spacial score (nSPS) is 29.4. The average molecular weight is 234 g/mol. The molecule has 2 atom stereocenters. The van der Waals surface area contributed by atoms with Gasteiger partial charge >= 0.3 is 0 Å². The van der Waals surface area contributed by atoms with E-state index in [1.165, 1.54) is 5.56 Å². The summed E-state index contributed by atoms with van der Waals surface area (Å²) in [5.41, 5.74) is 1.17. The number of hydrogen-bond acceptors (Lipinski definition) is 2. The van der Waals surface area contributed by atoms with Gasteiger partial charge in [0.25, 0.3) is 0 Å². The molecule has 1 aromatic carbocycles. The maximum atomic E-state index is 4.63. The van der Waals surface area contributed by atoms with E-state index in [-0.39, 0.29) is 10.7 Å². The largest absolute Gasteiger partial charge is 0.170 e. The first-order valence-corrected chi connectivity index (χ1v) is 5.93. The highest BCUT2D eigenvalue weighted by molar-refractivity contribution is 7.81. The van der Waals surface area contributed by atoms with Crippen LogP contribution in [0.4, 0.5) is 0 Å². The van der Waals surface area contributed by atoms with Crippen LogP contribution < -0.4 is 0 Å². The Balaban J connectivity index is 2.50. The predicted octanol–water partition coefficient (Wildman–Crippen LogP) is 3.66. The minimum atomic E-state index is -0.0593. The van der Waals surface area contributed by atoms with E-state index in [0.29, 0.717) is 0 Å². The fourth-order valence-corrected chi connectivity index (χ4v) is 2.63. The van der Waals surface area contributed by atoms with Gasteiger partial charge in [-0.2, -0.15) is 12.6 Å². The fraction of sp³-hybridized carbons (Fsp3) is 0.231. The molecule has 0 radical (unpaired) electrons. The molecule has 15 heavy (non-hydrogen) atoms. The molecule has 0 amide bonds. The van der Waals surface area contributed by atoms with Crippen LogP contribution >= 0.6 is 25.3 Å². The van der Waals surface area contributed by atoms with Gasteiger partial charge in [-0.15, -0.1) is 12.6 Å². The van der Waals surface area contributed by atoms with E-state index in [4.69, 9.17) is 0 Å². The van der Waals surface area contributed by atoms with E-state index in [0.717, 1.165) is 4.90 Å². The highest BCUT2D eigenvalue weighted by Crippen LogP contribution is 2.38. The third kappa shape index (κ3) is 1.88. The maximum absolute atomic E-state index is 4.63. The van der Waals surface area contributed by atoms with Gasteiger partial charge in [-0.1, -0.05) is 49.4 Å². The highest BCUT2D eigenvalue weighted by Gasteiger charge is 2.32. The van der Waals surface area contributed by atoms with E-state index >= 15 is 0 Å². The molecule has 2 rings (SSSR count). The van der Waals surface area contributed by atoms with Crippen molar-refractivity contribution in [2.24, 2.45) is 0 Å². The Morgan fingerprint density at radius 3 is 2.60 bits per heavy atom. The van der Waals surface area contributed by atoms with E-state index in [2.05, 4.69) is 56.5 Å². The summed E-state index contributed by atoms with van der Waals surface area (Å²) >= 11 is 9.14. The lowest BCUT2D eigenvalue weighted by atomic mass is 9.77. The zero-order valence-electron chi connectivity index (χ0n) is 8.59. The zero-order valence-corrected chi connectivity index (χ0v) is 10.4. The quantitative estimate of drug-likeness (QED) is 0.681. The van der Waals surface area contributed by atoms with Crippen molar-refractivity contribution < 1.29 is 0 Å². The fourth-order valence-electron chi connectivity index (χ4n) is 1.90. The lowest BCUT2D eigenvalue weighted by Gasteiger charge is -2.33. The van der Waals surface area contributed by atoms with Crippen molar-refractivity contribution in [3.05, 3.63) is 54.1 Å². The summed E-state index contributed by atoms with van der Waals surface area (Å²) in [7, 11) is 0. The van der Waals surface area contributed by atoms with Crippen molar-refractivity contribution in [2.45, 2.75) is 22.5 Å². The van der Waals surface area contributed by atoms with Gasteiger partial charge in [0.15, 0.2) is 0 Å². The maximum Gasteiger partial charge on any atom is 0.0329 e. The average Bonchev–Trinajstić information content (AvgIpc) is 2.23. The minimum Gasteiger partial charge on any atom is -0.170 e. The van der Waals surface area contributed by atoms with Crippen LogP contribution in [0.25, 0.3) is 0 Å². The third-order valence-electron chi connectivity index (χ3n) is 2.95. The van der Waals surface area contributed by atoms with Crippen molar-refractivity contribution in [1.29, 1.82) is 0 Å². The molecule has 1 aromatic rings. The van der Waals surface area contributed by atoms with Crippen LogP contribution in [-0.2, 0) is 5.41 Å². The minimum absolute atomic E-state index is 0.0593. The van der Waals surface area contributed by atoms with E-state index in [1.54, 1.807) is 0 Å². The van der Waals surface area contributed by atoms with Crippen LogP contribution in [-0.4, -0.2) is 5.25 Å². The van der Waals surface area contributed by atoms with Crippen LogP contribution in [0, 0.1) is 0 Å². The number of rotatable bonds is 1. The van der Waals surface area contributed by atoms with Crippen molar-refractivity contribution in [3.63, 3.8) is 0 Å². The SMILES string of the molecule is C[C@@]1(c2ccccc2S)C=CC=C[C@H]1S. The topological polar surface area (TPSA) is 0 Å². The van der Waals surface area contributed by atoms with Gasteiger partial charge in [-0.3, -0.25) is 0 Å². The Morgan fingerprint density at radius 2 is 1.93 bits per heavy atom. The standard InChI is InChI=1S/C13H14S2/c1-13(9-5-4-8-12(13)15)10-6-2-3-7-11(10)14/h2-9,12,14-15H,1H3/t12-,13+/m1/s1. The third-order valence-corrected chi connectivity index (χ3v) is 4.04. The van der Waals surface area contributed by atoms with Crippen LogP contribution in [0.3, 0.4) is 0 Å². The molecule has 0 fully saturated rings. The molecular formula is C13H14S2. The monoisotopic (exact) mass is 234 g/mol. The van der Waals surface area contributed by atoms with Crippen molar-refractivity contribution in [2.75, 3.05) is 0 Å². The summed E-state index contributed by atoms with van der Waals surface area (Å²) in [6.07, 6.45) is 8.43. The van der Waals surface area contributed by atoms with Gasteiger partial charge in [-0.05, 0) is 11.6 Å². The molecule has 0 aliphatic heterocycles. The Morgan fingerprint density at radius 1 is 1.20 bits per heavy atom. The first-order chi connectivity index (χ1) is 7.14. The van der Waals surface area contributed by atoms with Crippen molar-refractivity contribution >= 4 is 25.3 Å². The lowest BCUT2D eigenvalue weighted by molar-refractivity contribution is 0.604. The zero-order chi connectivity index (χ0) is 10.9. The van der Waals surface area contributed by atoms with Gasteiger partial charge < -0.3 is 0 Å². The molecule has 0 nitrogen and oxygen atoms in total. The molecule has 0 spiro atoms. The molecule has 1 aliphatic carbocycles. The Kier molecular flexibility index (Phi) is 2.98. The highest BCUT2D eigenvalue weighted by atomic mass is 32.1. The summed E-state index contributed by atoms with van der Waals surface area (Å²) in [5, 5.41) is 0.204. The lowest BCUT2D eigenvalue weighted by Crippen LogP contribution is -2.31. The first kappa shape index (κ1) is 10.9. The van der Waals surface area contributed by atoms with Crippen molar-refractivity contribution in [1.82, 2.24) is 0 Å². The molecule has 0 aromatic heterocycles. The molecule has 0 saturated heterocycles. The summed E-state index contributed by atoms with van der Waals surface area (Å²) in [6, 6.07) is 8.20. The second kappa shape index (κ2) is 4.11. The smallest absolute Gasteiger partial charge is 0.0329 e. The second-order valence-electron chi connectivity index (χ2n) is 3.99. The molecule has 1 aliphatic rings. The molecule has 78 valence electrons. The molecule has 0 bridgehead atoms. The van der Waals surface area contributed by atoms with E-state index < -0.39 is 0 Å². The number of hydrogen-bond donors (Lipinski definition) is 2. The van der Waals surface area contributed by atoms with Gasteiger partial charge in [0, 0.05) is 15.6 Å². The molecule has 2 heteroatoms. The van der Waals surface area contributed by atoms with Gasteiger partial charge in [0.1, 0.15) is 0 Å². The number of thiol groups is 2. The van der Waals surface area contributed by atoms with E-state index in [9.17, 15) is 0 Å².